The first-order chi connectivity index (χ1) is 9.49. The molecule has 1 N–H and O–H groups in total. The van der Waals surface area contributed by atoms with Crippen LogP contribution in [0.2, 0.25) is 0 Å². The molecule has 0 aromatic heterocycles. The van der Waals surface area contributed by atoms with Crippen LogP contribution in [0.4, 0.5) is 5.69 Å². The van der Waals surface area contributed by atoms with Crippen LogP contribution in [-0.2, 0) is 4.79 Å². The standard InChI is InChI=1S/C15H20N2O3/c1-11-5-6-12(15(19)20)13(9-11)16(2)10-14(18)17-7-3-4-8-17/h5-6,9H,3-4,7-8,10H2,1-2H3,(H,19,20). The third-order valence-electron chi connectivity index (χ3n) is 3.63. The van der Waals surface area contributed by atoms with Crippen molar-refractivity contribution >= 4 is 17.6 Å². The number of nitrogens with zero attached hydrogens (tertiary/aromatic N) is 2. The largest absolute Gasteiger partial charge is 0.478 e. The molecule has 1 aromatic carbocycles. The van der Waals surface area contributed by atoms with E-state index < -0.39 is 5.97 Å². The quantitative estimate of drug-likeness (QED) is 0.910. The van der Waals surface area contributed by atoms with Crippen LogP contribution < -0.4 is 4.90 Å². The molecule has 0 atom stereocenters. The normalized spacial score (nSPS) is 14.4. The Bertz CT molecular complexity index is 522. The fraction of sp³-hybridized carbons (Fsp3) is 0.467. The second kappa shape index (κ2) is 5.94. The van der Waals surface area contributed by atoms with Crippen LogP contribution in [0.5, 0.6) is 0 Å². The predicted molar refractivity (Wildman–Crippen MR) is 77.2 cm³/mol. The van der Waals surface area contributed by atoms with Crippen LogP contribution in [0.1, 0.15) is 28.8 Å². The molecule has 1 aromatic rings. The Labute approximate surface area is 118 Å². The first-order valence-electron chi connectivity index (χ1n) is 6.82. The van der Waals surface area contributed by atoms with E-state index in [2.05, 4.69) is 0 Å². The van der Waals surface area contributed by atoms with Crippen molar-refractivity contribution < 1.29 is 14.7 Å². The third-order valence-corrected chi connectivity index (χ3v) is 3.63. The minimum absolute atomic E-state index is 0.0582. The first-order valence-corrected chi connectivity index (χ1v) is 6.82. The van der Waals surface area contributed by atoms with E-state index in [-0.39, 0.29) is 18.0 Å². The topological polar surface area (TPSA) is 60.9 Å². The first kappa shape index (κ1) is 14.4. The van der Waals surface area contributed by atoms with E-state index in [4.69, 9.17) is 0 Å². The van der Waals surface area contributed by atoms with Gasteiger partial charge in [-0.15, -0.1) is 0 Å². The summed E-state index contributed by atoms with van der Waals surface area (Å²) in [6, 6.07) is 5.16. The number of carboxylic acids is 1. The van der Waals surface area contributed by atoms with Crippen LogP contribution in [0.3, 0.4) is 0 Å². The van der Waals surface area contributed by atoms with Gasteiger partial charge in [0.2, 0.25) is 5.91 Å². The number of likely N-dealkylation sites (N-methyl/N-ethyl adjacent to an activating group) is 1. The molecule has 0 spiro atoms. The van der Waals surface area contributed by atoms with Gasteiger partial charge >= 0.3 is 5.97 Å². The summed E-state index contributed by atoms with van der Waals surface area (Å²) in [7, 11) is 1.76. The second-order valence-corrected chi connectivity index (χ2v) is 5.27. The number of hydrogen-bond acceptors (Lipinski definition) is 3. The Kier molecular flexibility index (Phi) is 4.27. The van der Waals surface area contributed by atoms with Crippen molar-refractivity contribution in [2.75, 3.05) is 31.6 Å². The fourth-order valence-corrected chi connectivity index (χ4v) is 2.49. The van der Waals surface area contributed by atoms with Gasteiger partial charge in [0, 0.05) is 20.1 Å². The maximum atomic E-state index is 12.1. The highest BCUT2D eigenvalue weighted by Crippen LogP contribution is 2.21. The summed E-state index contributed by atoms with van der Waals surface area (Å²) in [6.45, 7) is 3.74. The van der Waals surface area contributed by atoms with Crippen LogP contribution in [-0.4, -0.2) is 48.6 Å². The highest BCUT2D eigenvalue weighted by molar-refractivity contribution is 5.95. The molecule has 0 radical (unpaired) electrons. The molecule has 0 saturated carbocycles. The van der Waals surface area contributed by atoms with Gasteiger partial charge in [-0.3, -0.25) is 4.79 Å². The van der Waals surface area contributed by atoms with E-state index in [0.717, 1.165) is 31.5 Å². The SMILES string of the molecule is Cc1ccc(C(=O)O)c(N(C)CC(=O)N2CCCC2)c1. The molecule has 20 heavy (non-hydrogen) atoms. The third kappa shape index (κ3) is 3.10. The van der Waals surface area contributed by atoms with E-state index in [1.165, 1.54) is 0 Å². The van der Waals surface area contributed by atoms with E-state index in [9.17, 15) is 14.7 Å². The summed E-state index contributed by atoms with van der Waals surface area (Å²) >= 11 is 0. The Morgan fingerprint density at radius 1 is 1.30 bits per heavy atom. The van der Waals surface area contributed by atoms with Crippen molar-refractivity contribution in [3.63, 3.8) is 0 Å². The van der Waals surface area contributed by atoms with Crippen molar-refractivity contribution in [2.24, 2.45) is 0 Å². The summed E-state index contributed by atoms with van der Waals surface area (Å²) in [6.07, 6.45) is 2.11. The van der Waals surface area contributed by atoms with E-state index >= 15 is 0 Å². The molecule has 1 fully saturated rings. The van der Waals surface area contributed by atoms with Crippen LogP contribution in [0.15, 0.2) is 18.2 Å². The van der Waals surface area contributed by atoms with Gasteiger partial charge in [-0.2, -0.15) is 0 Å². The molecule has 5 heteroatoms. The van der Waals surface area contributed by atoms with Crippen LogP contribution >= 0.6 is 0 Å². The molecular weight excluding hydrogens is 256 g/mol. The van der Waals surface area contributed by atoms with Crippen molar-refractivity contribution in [1.29, 1.82) is 0 Å². The second-order valence-electron chi connectivity index (χ2n) is 5.27. The number of hydrogen-bond donors (Lipinski definition) is 1. The highest BCUT2D eigenvalue weighted by Gasteiger charge is 2.21. The van der Waals surface area contributed by atoms with Gasteiger partial charge in [0.25, 0.3) is 0 Å². The number of likely N-dealkylation sites (tertiary alicyclic amines) is 1. The minimum Gasteiger partial charge on any atom is -0.478 e. The van der Waals surface area contributed by atoms with Crippen LogP contribution in [0, 0.1) is 6.92 Å². The summed E-state index contributed by atoms with van der Waals surface area (Å²) in [4.78, 5) is 26.9. The molecule has 1 aliphatic rings. The Morgan fingerprint density at radius 2 is 1.95 bits per heavy atom. The molecule has 0 bridgehead atoms. The fourth-order valence-electron chi connectivity index (χ4n) is 2.49. The number of rotatable bonds is 4. The molecule has 1 amide bonds. The van der Waals surface area contributed by atoms with Gasteiger partial charge in [-0.05, 0) is 37.5 Å². The zero-order valence-corrected chi connectivity index (χ0v) is 11.9. The summed E-state index contributed by atoms with van der Waals surface area (Å²) in [5.41, 5.74) is 1.79. The van der Waals surface area contributed by atoms with Crippen molar-refractivity contribution in [2.45, 2.75) is 19.8 Å². The molecule has 1 aliphatic heterocycles. The summed E-state index contributed by atoms with van der Waals surface area (Å²) in [5, 5.41) is 9.23. The number of carbonyl (C=O) groups excluding carboxylic acids is 1. The van der Waals surface area contributed by atoms with Gasteiger partial charge in [-0.25, -0.2) is 4.79 Å². The van der Waals surface area contributed by atoms with E-state index in [0.29, 0.717) is 5.69 Å². The van der Waals surface area contributed by atoms with Crippen LogP contribution in [0.25, 0.3) is 0 Å². The Morgan fingerprint density at radius 3 is 2.55 bits per heavy atom. The Hall–Kier alpha value is -2.04. The van der Waals surface area contributed by atoms with Gasteiger partial charge in [0.1, 0.15) is 0 Å². The zero-order chi connectivity index (χ0) is 14.7. The van der Waals surface area contributed by atoms with Crippen molar-refractivity contribution in [1.82, 2.24) is 4.90 Å². The number of aromatic carboxylic acids is 1. The highest BCUT2D eigenvalue weighted by atomic mass is 16.4. The van der Waals surface area contributed by atoms with E-state index in [1.807, 2.05) is 11.8 Å². The minimum atomic E-state index is -0.972. The van der Waals surface area contributed by atoms with Gasteiger partial charge in [0.05, 0.1) is 17.8 Å². The lowest BCUT2D eigenvalue weighted by atomic mass is 10.1. The number of anilines is 1. The number of aryl methyl sites for hydroxylation is 1. The molecule has 2 rings (SSSR count). The number of amides is 1. The number of carboxylic acid groups (broad SMARTS) is 1. The molecule has 1 saturated heterocycles. The molecule has 5 nitrogen and oxygen atoms in total. The lowest BCUT2D eigenvalue weighted by Crippen LogP contribution is -2.37. The van der Waals surface area contributed by atoms with Crippen molar-refractivity contribution in [3.05, 3.63) is 29.3 Å². The average Bonchev–Trinajstić information content (AvgIpc) is 2.92. The maximum Gasteiger partial charge on any atom is 0.337 e. The lowest BCUT2D eigenvalue weighted by Gasteiger charge is -2.24. The number of carbonyl (C=O) groups is 2. The van der Waals surface area contributed by atoms with Gasteiger partial charge < -0.3 is 14.9 Å². The maximum absolute atomic E-state index is 12.1. The monoisotopic (exact) mass is 276 g/mol. The Balaban J connectivity index is 2.15. The van der Waals surface area contributed by atoms with E-state index in [1.54, 1.807) is 30.1 Å². The molecule has 1 heterocycles. The van der Waals surface area contributed by atoms with Gasteiger partial charge in [0.15, 0.2) is 0 Å². The summed E-state index contributed by atoms with van der Waals surface area (Å²) < 4.78 is 0. The average molecular weight is 276 g/mol. The predicted octanol–water partition coefficient (Wildman–Crippen LogP) is 1.75. The molecule has 0 unspecified atom stereocenters. The molecule has 0 aliphatic carbocycles. The molecule has 108 valence electrons. The molecular formula is C15H20N2O3. The smallest absolute Gasteiger partial charge is 0.337 e. The number of benzene rings is 1. The van der Waals surface area contributed by atoms with Gasteiger partial charge in [-0.1, -0.05) is 6.07 Å². The lowest BCUT2D eigenvalue weighted by molar-refractivity contribution is -0.128. The van der Waals surface area contributed by atoms with Crippen molar-refractivity contribution in [3.8, 4) is 0 Å². The summed E-state index contributed by atoms with van der Waals surface area (Å²) in [5.74, 6) is -0.914. The zero-order valence-electron chi connectivity index (χ0n) is 11.9.